The van der Waals surface area contributed by atoms with Crippen LogP contribution in [0, 0.1) is 5.92 Å². The van der Waals surface area contributed by atoms with Crippen molar-refractivity contribution in [1.29, 1.82) is 0 Å². The molecule has 0 radical (unpaired) electrons. The Balaban J connectivity index is 0. The predicted octanol–water partition coefficient (Wildman–Crippen LogP) is 1.13. The SMILES string of the molecule is CC(C)CC(C)(CN)NC(=O)CCCCNC(N)=O.Cl. The van der Waals surface area contributed by atoms with Crippen molar-refractivity contribution in [3.63, 3.8) is 0 Å². The van der Waals surface area contributed by atoms with Gasteiger partial charge in [0.15, 0.2) is 0 Å². The molecule has 120 valence electrons. The van der Waals surface area contributed by atoms with Gasteiger partial charge >= 0.3 is 6.03 Å². The minimum atomic E-state index is -0.530. The van der Waals surface area contributed by atoms with E-state index in [0.29, 0.717) is 31.8 Å². The van der Waals surface area contributed by atoms with Crippen LogP contribution in [-0.4, -0.2) is 30.6 Å². The first-order valence-electron chi connectivity index (χ1n) is 6.83. The van der Waals surface area contributed by atoms with Crippen molar-refractivity contribution in [3.8, 4) is 0 Å². The highest BCUT2D eigenvalue weighted by molar-refractivity contribution is 5.85. The molecule has 0 saturated carbocycles. The van der Waals surface area contributed by atoms with Crippen molar-refractivity contribution in [3.05, 3.63) is 0 Å². The van der Waals surface area contributed by atoms with Gasteiger partial charge in [-0.2, -0.15) is 0 Å². The highest BCUT2D eigenvalue weighted by Crippen LogP contribution is 2.15. The Labute approximate surface area is 127 Å². The van der Waals surface area contributed by atoms with E-state index in [2.05, 4.69) is 24.5 Å². The van der Waals surface area contributed by atoms with Crippen LogP contribution in [0.2, 0.25) is 0 Å². The number of hydrogen-bond acceptors (Lipinski definition) is 3. The Morgan fingerprint density at radius 2 is 1.85 bits per heavy atom. The molecule has 0 aliphatic carbocycles. The molecule has 0 fully saturated rings. The van der Waals surface area contributed by atoms with Crippen molar-refractivity contribution in [2.24, 2.45) is 17.4 Å². The van der Waals surface area contributed by atoms with Crippen LogP contribution in [0.15, 0.2) is 0 Å². The van der Waals surface area contributed by atoms with Crippen LogP contribution >= 0.6 is 12.4 Å². The Morgan fingerprint density at radius 1 is 1.25 bits per heavy atom. The molecule has 0 aromatic rings. The number of rotatable bonds is 9. The molecule has 0 aromatic carbocycles. The van der Waals surface area contributed by atoms with Crippen LogP contribution in [-0.2, 0) is 4.79 Å². The van der Waals surface area contributed by atoms with E-state index in [9.17, 15) is 9.59 Å². The van der Waals surface area contributed by atoms with Gasteiger partial charge in [0.1, 0.15) is 0 Å². The lowest BCUT2D eigenvalue weighted by Crippen LogP contribution is -2.52. The molecule has 0 aliphatic rings. The average Bonchev–Trinajstić information content (AvgIpc) is 2.26. The van der Waals surface area contributed by atoms with E-state index in [1.807, 2.05) is 6.92 Å². The summed E-state index contributed by atoms with van der Waals surface area (Å²) in [6.07, 6.45) is 2.75. The van der Waals surface area contributed by atoms with Crippen LogP contribution < -0.4 is 22.1 Å². The maximum atomic E-state index is 11.8. The molecule has 0 saturated heterocycles. The first-order valence-corrected chi connectivity index (χ1v) is 6.83. The maximum absolute atomic E-state index is 11.8. The number of amides is 3. The molecule has 0 spiro atoms. The number of nitrogens with two attached hydrogens (primary N) is 2. The molecule has 7 heteroatoms. The molecule has 1 atom stereocenters. The molecule has 0 bridgehead atoms. The van der Waals surface area contributed by atoms with Crippen LogP contribution in [0.25, 0.3) is 0 Å². The van der Waals surface area contributed by atoms with Crippen molar-refractivity contribution < 1.29 is 9.59 Å². The molecular formula is C13H29ClN4O2. The smallest absolute Gasteiger partial charge is 0.312 e. The number of hydrogen-bond donors (Lipinski definition) is 4. The molecular weight excluding hydrogens is 280 g/mol. The lowest BCUT2D eigenvalue weighted by atomic mass is 9.90. The summed E-state index contributed by atoms with van der Waals surface area (Å²) in [6, 6.07) is -0.530. The quantitative estimate of drug-likeness (QED) is 0.479. The van der Waals surface area contributed by atoms with Gasteiger partial charge in [-0.1, -0.05) is 13.8 Å². The van der Waals surface area contributed by atoms with Crippen molar-refractivity contribution in [2.75, 3.05) is 13.1 Å². The standard InChI is InChI=1S/C13H28N4O2.ClH/c1-10(2)8-13(3,9-14)17-11(18)6-4-5-7-16-12(15)19;/h10H,4-9,14H2,1-3H3,(H,17,18)(H3,15,16,19);1H. The number of carbonyl (C=O) groups is 2. The van der Waals surface area contributed by atoms with Gasteiger partial charge in [-0.05, 0) is 32.1 Å². The highest BCUT2D eigenvalue weighted by atomic mass is 35.5. The fraction of sp³-hybridized carbons (Fsp3) is 0.846. The first kappa shape index (κ1) is 21.3. The molecule has 3 amide bonds. The molecule has 0 aliphatic heterocycles. The van der Waals surface area contributed by atoms with Crippen molar-refractivity contribution in [2.45, 2.75) is 52.0 Å². The summed E-state index contributed by atoms with van der Waals surface area (Å²) in [5.74, 6) is 0.487. The van der Waals surface area contributed by atoms with Gasteiger partial charge in [0.2, 0.25) is 5.91 Å². The van der Waals surface area contributed by atoms with E-state index < -0.39 is 6.03 Å². The Morgan fingerprint density at radius 3 is 2.30 bits per heavy atom. The second-order valence-electron chi connectivity index (χ2n) is 5.66. The third-order valence-corrected chi connectivity index (χ3v) is 2.88. The minimum absolute atomic E-state index is 0. The first-order chi connectivity index (χ1) is 8.79. The number of urea groups is 1. The highest BCUT2D eigenvalue weighted by Gasteiger charge is 2.25. The summed E-state index contributed by atoms with van der Waals surface area (Å²) < 4.78 is 0. The summed E-state index contributed by atoms with van der Waals surface area (Å²) >= 11 is 0. The van der Waals surface area contributed by atoms with Crippen LogP contribution in [0.3, 0.4) is 0 Å². The van der Waals surface area contributed by atoms with Crippen LogP contribution in [0.4, 0.5) is 4.79 Å². The zero-order valence-electron chi connectivity index (χ0n) is 12.7. The van der Waals surface area contributed by atoms with E-state index in [-0.39, 0.29) is 23.9 Å². The third-order valence-electron chi connectivity index (χ3n) is 2.88. The topological polar surface area (TPSA) is 110 Å². The maximum Gasteiger partial charge on any atom is 0.312 e. The second kappa shape index (κ2) is 10.7. The van der Waals surface area contributed by atoms with Crippen molar-refractivity contribution >= 4 is 24.3 Å². The van der Waals surface area contributed by atoms with Crippen LogP contribution in [0.1, 0.15) is 46.5 Å². The van der Waals surface area contributed by atoms with Gasteiger partial charge in [-0.25, -0.2) is 4.79 Å². The fourth-order valence-electron chi connectivity index (χ4n) is 2.11. The molecule has 0 aromatic heterocycles. The van der Waals surface area contributed by atoms with Gasteiger partial charge in [-0.3, -0.25) is 4.79 Å². The molecule has 20 heavy (non-hydrogen) atoms. The zero-order chi connectivity index (χ0) is 14.9. The van der Waals surface area contributed by atoms with E-state index in [0.717, 1.165) is 12.8 Å². The Kier molecular flexibility index (Phi) is 11.4. The summed E-state index contributed by atoms with van der Waals surface area (Å²) in [6.45, 7) is 7.12. The lowest BCUT2D eigenvalue weighted by Gasteiger charge is -2.31. The molecule has 0 rings (SSSR count). The fourth-order valence-corrected chi connectivity index (χ4v) is 2.11. The van der Waals surface area contributed by atoms with E-state index in [4.69, 9.17) is 11.5 Å². The minimum Gasteiger partial charge on any atom is -0.352 e. The normalized spacial score (nSPS) is 13.2. The molecule has 6 nitrogen and oxygen atoms in total. The number of unbranched alkanes of at least 4 members (excludes halogenated alkanes) is 1. The summed E-state index contributed by atoms with van der Waals surface area (Å²) in [4.78, 5) is 22.3. The third kappa shape index (κ3) is 10.9. The number of halogens is 1. The van der Waals surface area contributed by atoms with Gasteiger partial charge < -0.3 is 22.1 Å². The molecule has 0 heterocycles. The average molecular weight is 309 g/mol. The largest absolute Gasteiger partial charge is 0.352 e. The summed E-state index contributed by atoms with van der Waals surface area (Å²) in [5.41, 5.74) is 10.3. The van der Waals surface area contributed by atoms with Gasteiger partial charge in [0, 0.05) is 25.0 Å². The Hall–Kier alpha value is -1.01. The summed E-state index contributed by atoms with van der Waals surface area (Å²) in [7, 11) is 0. The Bertz CT molecular complexity index is 300. The van der Waals surface area contributed by atoms with E-state index >= 15 is 0 Å². The molecule has 1 unspecified atom stereocenters. The van der Waals surface area contributed by atoms with E-state index in [1.54, 1.807) is 0 Å². The van der Waals surface area contributed by atoms with Crippen molar-refractivity contribution in [1.82, 2.24) is 10.6 Å². The number of nitrogens with one attached hydrogen (secondary N) is 2. The van der Waals surface area contributed by atoms with Gasteiger partial charge in [-0.15, -0.1) is 12.4 Å². The van der Waals surface area contributed by atoms with Gasteiger partial charge in [0.05, 0.1) is 0 Å². The van der Waals surface area contributed by atoms with Crippen LogP contribution in [0.5, 0.6) is 0 Å². The lowest BCUT2D eigenvalue weighted by molar-refractivity contribution is -0.123. The monoisotopic (exact) mass is 308 g/mol. The zero-order valence-corrected chi connectivity index (χ0v) is 13.5. The predicted molar refractivity (Wildman–Crippen MR) is 83.7 cm³/mol. The van der Waals surface area contributed by atoms with Gasteiger partial charge in [0.25, 0.3) is 0 Å². The van der Waals surface area contributed by atoms with E-state index in [1.165, 1.54) is 0 Å². The number of carbonyl (C=O) groups excluding carboxylic acids is 2. The second-order valence-corrected chi connectivity index (χ2v) is 5.66. The molecule has 6 N–H and O–H groups in total. The number of primary amides is 1. The summed E-state index contributed by atoms with van der Waals surface area (Å²) in [5, 5.41) is 5.49.